The van der Waals surface area contributed by atoms with Crippen LogP contribution in [0.15, 0.2) is 41.5 Å². The standard InChI is InChI=1S/C11H10N4O2/c1-12-10(16)8-5-7-14-15(11(8)17)9-4-2-3-6-13-9/h2-7H,1H3,(H,12,16). The van der Waals surface area contributed by atoms with E-state index in [4.69, 9.17) is 0 Å². The summed E-state index contributed by atoms with van der Waals surface area (Å²) in [6, 6.07) is 6.49. The number of hydrogen-bond donors (Lipinski definition) is 1. The van der Waals surface area contributed by atoms with Crippen molar-refractivity contribution in [2.45, 2.75) is 0 Å². The Kier molecular flexibility index (Phi) is 2.95. The molecule has 6 heteroatoms. The van der Waals surface area contributed by atoms with Crippen LogP contribution in [0.5, 0.6) is 0 Å². The molecule has 0 atom stereocenters. The van der Waals surface area contributed by atoms with Crippen LogP contribution in [0.25, 0.3) is 5.82 Å². The smallest absolute Gasteiger partial charge is 0.285 e. The SMILES string of the molecule is CNC(=O)c1ccnn(-c2ccccn2)c1=O. The maximum absolute atomic E-state index is 12.0. The van der Waals surface area contributed by atoms with Crippen molar-refractivity contribution < 1.29 is 4.79 Å². The van der Waals surface area contributed by atoms with Crippen molar-refractivity contribution in [2.24, 2.45) is 0 Å². The Morgan fingerprint density at radius 1 is 1.29 bits per heavy atom. The maximum atomic E-state index is 12.0. The lowest BCUT2D eigenvalue weighted by molar-refractivity contribution is 0.0961. The summed E-state index contributed by atoms with van der Waals surface area (Å²) in [4.78, 5) is 27.4. The van der Waals surface area contributed by atoms with Gasteiger partial charge in [0, 0.05) is 19.4 Å². The number of pyridine rings is 1. The largest absolute Gasteiger partial charge is 0.355 e. The van der Waals surface area contributed by atoms with Gasteiger partial charge in [-0.25, -0.2) is 4.98 Å². The molecule has 0 aromatic carbocycles. The third-order valence-electron chi connectivity index (χ3n) is 2.18. The van der Waals surface area contributed by atoms with Crippen LogP contribution >= 0.6 is 0 Å². The van der Waals surface area contributed by atoms with Crippen LogP contribution in [-0.2, 0) is 0 Å². The molecular weight excluding hydrogens is 220 g/mol. The highest BCUT2D eigenvalue weighted by Crippen LogP contribution is 1.98. The Labute approximate surface area is 96.9 Å². The fraction of sp³-hybridized carbons (Fsp3) is 0.0909. The van der Waals surface area contributed by atoms with Crippen molar-refractivity contribution in [2.75, 3.05) is 7.05 Å². The van der Waals surface area contributed by atoms with E-state index >= 15 is 0 Å². The molecule has 17 heavy (non-hydrogen) atoms. The molecule has 2 aromatic heterocycles. The molecule has 0 spiro atoms. The van der Waals surface area contributed by atoms with E-state index in [1.165, 1.54) is 19.3 Å². The number of nitrogens with one attached hydrogen (secondary N) is 1. The van der Waals surface area contributed by atoms with E-state index in [-0.39, 0.29) is 5.56 Å². The molecule has 0 aliphatic rings. The monoisotopic (exact) mass is 230 g/mol. The third kappa shape index (κ3) is 2.05. The highest BCUT2D eigenvalue weighted by atomic mass is 16.2. The highest BCUT2D eigenvalue weighted by molar-refractivity contribution is 5.93. The second-order valence-electron chi connectivity index (χ2n) is 3.23. The van der Waals surface area contributed by atoms with Gasteiger partial charge in [0.05, 0.1) is 0 Å². The molecule has 0 aliphatic carbocycles. The second kappa shape index (κ2) is 4.56. The Hall–Kier alpha value is -2.50. The van der Waals surface area contributed by atoms with Gasteiger partial charge in [0.15, 0.2) is 5.82 Å². The van der Waals surface area contributed by atoms with Crippen molar-refractivity contribution >= 4 is 5.91 Å². The average molecular weight is 230 g/mol. The molecule has 86 valence electrons. The molecule has 0 fully saturated rings. The van der Waals surface area contributed by atoms with Crippen LogP contribution in [0.4, 0.5) is 0 Å². The molecule has 2 rings (SSSR count). The number of hydrogen-bond acceptors (Lipinski definition) is 4. The lowest BCUT2D eigenvalue weighted by atomic mass is 10.3. The van der Waals surface area contributed by atoms with E-state index in [0.717, 1.165) is 4.68 Å². The molecule has 6 nitrogen and oxygen atoms in total. The van der Waals surface area contributed by atoms with Gasteiger partial charge in [0.25, 0.3) is 11.5 Å². The van der Waals surface area contributed by atoms with E-state index in [1.807, 2.05) is 0 Å². The molecule has 0 saturated heterocycles. The molecule has 1 N–H and O–H groups in total. The molecule has 2 heterocycles. The topological polar surface area (TPSA) is 76.9 Å². The van der Waals surface area contributed by atoms with Gasteiger partial charge in [-0.15, -0.1) is 0 Å². The van der Waals surface area contributed by atoms with Crippen molar-refractivity contribution in [1.82, 2.24) is 20.1 Å². The Morgan fingerprint density at radius 2 is 2.12 bits per heavy atom. The predicted molar refractivity (Wildman–Crippen MR) is 61.0 cm³/mol. The van der Waals surface area contributed by atoms with Crippen LogP contribution in [0, 0.1) is 0 Å². The summed E-state index contributed by atoms with van der Waals surface area (Å²) in [6.45, 7) is 0. The van der Waals surface area contributed by atoms with Crippen molar-refractivity contribution in [3.05, 3.63) is 52.6 Å². The fourth-order valence-electron chi connectivity index (χ4n) is 1.36. The summed E-state index contributed by atoms with van der Waals surface area (Å²) in [5.74, 6) is -0.0645. The molecule has 2 aromatic rings. The Morgan fingerprint density at radius 3 is 2.76 bits per heavy atom. The van der Waals surface area contributed by atoms with Gasteiger partial charge in [0.1, 0.15) is 5.56 Å². The van der Waals surface area contributed by atoms with Gasteiger partial charge in [-0.3, -0.25) is 9.59 Å². The van der Waals surface area contributed by atoms with E-state index in [2.05, 4.69) is 15.4 Å². The van der Waals surface area contributed by atoms with E-state index in [0.29, 0.717) is 5.82 Å². The van der Waals surface area contributed by atoms with E-state index < -0.39 is 11.5 Å². The second-order valence-corrected chi connectivity index (χ2v) is 3.23. The molecular formula is C11H10N4O2. The minimum absolute atomic E-state index is 0.0353. The molecule has 1 amide bonds. The first-order valence-electron chi connectivity index (χ1n) is 4.96. The molecule has 0 saturated carbocycles. The zero-order valence-electron chi connectivity index (χ0n) is 9.12. The molecule has 0 bridgehead atoms. The minimum Gasteiger partial charge on any atom is -0.355 e. The zero-order chi connectivity index (χ0) is 12.3. The van der Waals surface area contributed by atoms with Crippen LogP contribution in [0.2, 0.25) is 0 Å². The van der Waals surface area contributed by atoms with Crippen LogP contribution in [0.1, 0.15) is 10.4 Å². The Balaban J connectivity index is 2.58. The van der Waals surface area contributed by atoms with Crippen molar-refractivity contribution in [3.63, 3.8) is 0 Å². The van der Waals surface area contributed by atoms with Gasteiger partial charge in [-0.05, 0) is 18.2 Å². The summed E-state index contributed by atoms with van der Waals surface area (Å²) in [7, 11) is 1.47. The van der Waals surface area contributed by atoms with Gasteiger partial charge in [0.2, 0.25) is 0 Å². The number of carbonyl (C=O) groups is 1. The van der Waals surface area contributed by atoms with Crippen LogP contribution < -0.4 is 10.9 Å². The van der Waals surface area contributed by atoms with E-state index in [9.17, 15) is 9.59 Å². The van der Waals surface area contributed by atoms with Gasteiger partial charge < -0.3 is 5.32 Å². The summed E-state index contributed by atoms with van der Waals surface area (Å²) < 4.78 is 1.09. The first-order valence-corrected chi connectivity index (χ1v) is 4.96. The molecule has 0 radical (unpaired) electrons. The summed E-state index contributed by atoms with van der Waals surface area (Å²) in [6.07, 6.45) is 2.94. The predicted octanol–water partition coefficient (Wildman–Crippen LogP) is -0.0129. The zero-order valence-corrected chi connectivity index (χ0v) is 9.12. The van der Waals surface area contributed by atoms with Gasteiger partial charge in [-0.1, -0.05) is 6.07 Å². The normalized spacial score (nSPS) is 9.94. The highest BCUT2D eigenvalue weighted by Gasteiger charge is 2.12. The minimum atomic E-state index is -0.495. The maximum Gasteiger partial charge on any atom is 0.285 e. The summed E-state index contributed by atoms with van der Waals surface area (Å²) >= 11 is 0. The Bertz CT molecular complexity index is 592. The lowest BCUT2D eigenvalue weighted by Gasteiger charge is -2.04. The first kappa shape index (κ1) is 11.0. The number of nitrogens with zero attached hydrogens (tertiary/aromatic N) is 3. The number of carbonyl (C=O) groups excluding carboxylic acids is 1. The molecule has 0 unspecified atom stereocenters. The van der Waals surface area contributed by atoms with Crippen LogP contribution in [-0.4, -0.2) is 27.7 Å². The summed E-state index contributed by atoms with van der Waals surface area (Å²) in [5.41, 5.74) is -0.460. The number of amides is 1. The van der Waals surface area contributed by atoms with Crippen molar-refractivity contribution in [3.8, 4) is 5.82 Å². The van der Waals surface area contributed by atoms with Gasteiger partial charge >= 0.3 is 0 Å². The summed E-state index contributed by atoms with van der Waals surface area (Å²) in [5, 5.41) is 6.29. The van der Waals surface area contributed by atoms with Crippen molar-refractivity contribution in [1.29, 1.82) is 0 Å². The van der Waals surface area contributed by atoms with Gasteiger partial charge in [-0.2, -0.15) is 9.78 Å². The van der Waals surface area contributed by atoms with Crippen LogP contribution in [0.3, 0.4) is 0 Å². The number of aromatic nitrogens is 3. The average Bonchev–Trinajstić information content (AvgIpc) is 2.39. The van der Waals surface area contributed by atoms with E-state index in [1.54, 1.807) is 24.4 Å². The molecule has 0 aliphatic heterocycles. The number of rotatable bonds is 2. The first-order chi connectivity index (χ1) is 8.24. The quantitative estimate of drug-likeness (QED) is 0.787. The lowest BCUT2D eigenvalue weighted by Crippen LogP contribution is -2.31. The fourth-order valence-corrected chi connectivity index (χ4v) is 1.36. The third-order valence-corrected chi connectivity index (χ3v) is 2.18.